The molecular weight excluding hydrogens is 376 g/mol. The smallest absolute Gasteiger partial charge is 0.279 e. The molecule has 0 aliphatic carbocycles. The lowest BCUT2D eigenvalue weighted by atomic mass is 10.2. The molecule has 1 unspecified atom stereocenters. The number of carbonyl (C=O) groups is 1. The second-order valence-corrected chi connectivity index (χ2v) is 7.05. The number of benzene rings is 2. The van der Waals surface area contributed by atoms with Gasteiger partial charge in [0.1, 0.15) is 17.4 Å². The van der Waals surface area contributed by atoms with Gasteiger partial charge in [-0.05, 0) is 31.2 Å². The third kappa shape index (κ3) is 4.71. The van der Waals surface area contributed by atoms with Gasteiger partial charge >= 0.3 is 0 Å². The number of carbonyl (C=O) groups excluding carboxylic acids is 1. The minimum absolute atomic E-state index is 0.0741. The molecular formula is C21H24ClN4O2+. The van der Waals surface area contributed by atoms with Crippen molar-refractivity contribution >= 4 is 23.2 Å². The van der Waals surface area contributed by atoms with E-state index in [-0.39, 0.29) is 5.91 Å². The van der Waals surface area contributed by atoms with Gasteiger partial charge in [-0.2, -0.15) is 5.10 Å². The molecule has 1 aromatic heterocycles. The number of aryl methyl sites for hydroxylation is 1. The number of quaternary nitrogens is 1. The fourth-order valence-electron chi connectivity index (χ4n) is 3.02. The van der Waals surface area contributed by atoms with E-state index in [2.05, 4.69) is 10.4 Å². The van der Waals surface area contributed by atoms with Gasteiger partial charge in [0.2, 0.25) is 0 Å². The van der Waals surface area contributed by atoms with Gasteiger partial charge in [-0.25, -0.2) is 4.68 Å². The van der Waals surface area contributed by atoms with Crippen molar-refractivity contribution < 1.29 is 14.4 Å². The first-order valence-corrected chi connectivity index (χ1v) is 9.40. The lowest BCUT2D eigenvalue weighted by Gasteiger charge is -2.14. The Kier molecular flexibility index (Phi) is 6.34. The maximum Gasteiger partial charge on any atom is 0.279 e. The summed E-state index contributed by atoms with van der Waals surface area (Å²) in [4.78, 5) is 13.4. The van der Waals surface area contributed by atoms with Crippen LogP contribution in [0.1, 0.15) is 11.3 Å². The van der Waals surface area contributed by atoms with Crippen LogP contribution in [0.2, 0.25) is 5.15 Å². The molecule has 0 aliphatic heterocycles. The SMILES string of the molecule is COc1cccc(NC(=O)C[NH+](C)Cc2c(C)nn(-c3ccccc3)c2Cl)c1. The maximum absolute atomic E-state index is 12.4. The first kappa shape index (κ1) is 19.9. The number of anilines is 1. The van der Waals surface area contributed by atoms with Crippen molar-refractivity contribution in [3.63, 3.8) is 0 Å². The zero-order chi connectivity index (χ0) is 20.1. The van der Waals surface area contributed by atoms with E-state index in [1.54, 1.807) is 17.9 Å². The number of rotatable bonds is 7. The van der Waals surface area contributed by atoms with E-state index < -0.39 is 0 Å². The van der Waals surface area contributed by atoms with E-state index in [1.807, 2.05) is 62.5 Å². The van der Waals surface area contributed by atoms with Crippen molar-refractivity contribution in [1.82, 2.24) is 9.78 Å². The van der Waals surface area contributed by atoms with Gasteiger partial charge in [-0.15, -0.1) is 0 Å². The van der Waals surface area contributed by atoms with Crippen LogP contribution in [0.25, 0.3) is 5.69 Å². The molecule has 0 bridgehead atoms. The average molecular weight is 400 g/mol. The van der Waals surface area contributed by atoms with Crippen LogP contribution in [0.3, 0.4) is 0 Å². The van der Waals surface area contributed by atoms with E-state index >= 15 is 0 Å². The second-order valence-electron chi connectivity index (χ2n) is 6.69. The molecule has 2 N–H and O–H groups in total. The van der Waals surface area contributed by atoms with Gasteiger partial charge < -0.3 is 15.0 Å². The van der Waals surface area contributed by atoms with Crippen LogP contribution >= 0.6 is 11.6 Å². The highest BCUT2D eigenvalue weighted by atomic mass is 35.5. The van der Waals surface area contributed by atoms with E-state index in [0.29, 0.717) is 29.7 Å². The van der Waals surface area contributed by atoms with Crippen molar-refractivity contribution in [3.8, 4) is 11.4 Å². The normalized spacial score (nSPS) is 11.9. The summed E-state index contributed by atoms with van der Waals surface area (Å²) in [6.07, 6.45) is 0. The summed E-state index contributed by atoms with van der Waals surface area (Å²) < 4.78 is 6.91. The molecule has 146 valence electrons. The van der Waals surface area contributed by atoms with Gasteiger partial charge in [0.05, 0.1) is 31.1 Å². The van der Waals surface area contributed by atoms with Crippen LogP contribution in [0, 0.1) is 6.92 Å². The summed E-state index contributed by atoms with van der Waals surface area (Å²) in [6.45, 7) is 2.84. The number of amides is 1. The summed E-state index contributed by atoms with van der Waals surface area (Å²) in [6, 6.07) is 17.1. The quantitative estimate of drug-likeness (QED) is 0.641. The number of aromatic nitrogens is 2. The van der Waals surface area contributed by atoms with E-state index in [1.165, 1.54) is 0 Å². The van der Waals surface area contributed by atoms with Crippen LogP contribution in [0.4, 0.5) is 5.69 Å². The van der Waals surface area contributed by atoms with Gasteiger partial charge in [-0.3, -0.25) is 4.79 Å². The molecule has 0 aliphatic rings. The Morgan fingerprint density at radius 3 is 2.68 bits per heavy atom. The number of halogens is 1. The van der Waals surface area contributed by atoms with Gasteiger partial charge in [0, 0.05) is 11.8 Å². The minimum atomic E-state index is -0.0741. The monoisotopic (exact) mass is 399 g/mol. The summed E-state index contributed by atoms with van der Waals surface area (Å²) in [5.74, 6) is 0.629. The zero-order valence-electron chi connectivity index (χ0n) is 16.2. The first-order chi connectivity index (χ1) is 13.5. The largest absolute Gasteiger partial charge is 0.497 e. The van der Waals surface area contributed by atoms with Crippen LogP contribution in [-0.4, -0.2) is 36.4 Å². The van der Waals surface area contributed by atoms with Crippen molar-refractivity contribution in [2.75, 3.05) is 26.0 Å². The first-order valence-electron chi connectivity index (χ1n) is 9.02. The Labute approximate surface area is 169 Å². The number of nitrogens with one attached hydrogen (secondary N) is 2. The number of para-hydroxylation sites is 1. The number of ether oxygens (including phenoxy) is 1. The summed E-state index contributed by atoms with van der Waals surface area (Å²) in [5, 5.41) is 8.04. The van der Waals surface area contributed by atoms with E-state index in [4.69, 9.17) is 16.3 Å². The van der Waals surface area contributed by atoms with Gasteiger partial charge in [0.25, 0.3) is 5.91 Å². The molecule has 3 rings (SSSR count). The van der Waals surface area contributed by atoms with Crippen LogP contribution in [0.15, 0.2) is 54.6 Å². The Bertz CT molecular complexity index is 956. The fourth-order valence-corrected chi connectivity index (χ4v) is 3.36. The molecule has 0 fully saturated rings. The number of hydrogen-bond donors (Lipinski definition) is 2. The Morgan fingerprint density at radius 1 is 1.21 bits per heavy atom. The number of methoxy groups -OCH3 is 1. The summed E-state index contributed by atoms with van der Waals surface area (Å²) in [7, 11) is 3.56. The molecule has 6 nitrogen and oxygen atoms in total. The summed E-state index contributed by atoms with van der Waals surface area (Å²) in [5.41, 5.74) is 3.43. The topological polar surface area (TPSA) is 60.6 Å². The molecule has 28 heavy (non-hydrogen) atoms. The van der Waals surface area contributed by atoms with Crippen molar-refractivity contribution in [1.29, 1.82) is 0 Å². The molecule has 2 aromatic carbocycles. The highest BCUT2D eigenvalue weighted by molar-refractivity contribution is 6.30. The molecule has 1 heterocycles. The Balaban J connectivity index is 1.65. The van der Waals surface area contributed by atoms with Gasteiger partial charge in [-0.1, -0.05) is 35.9 Å². The molecule has 1 amide bonds. The fraction of sp³-hybridized carbons (Fsp3) is 0.238. The highest BCUT2D eigenvalue weighted by Gasteiger charge is 2.19. The molecule has 7 heteroatoms. The average Bonchev–Trinajstić information content (AvgIpc) is 2.97. The molecule has 0 saturated carbocycles. The van der Waals surface area contributed by atoms with Crippen molar-refractivity contribution in [2.24, 2.45) is 0 Å². The van der Waals surface area contributed by atoms with Crippen LogP contribution in [0.5, 0.6) is 5.75 Å². The lowest BCUT2D eigenvalue weighted by Crippen LogP contribution is -3.08. The third-order valence-electron chi connectivity index (χ3n) is 4.42. The molecule has 0 radical (unpaired) electrons. The van der Waals surface area contributed by atoms with Gasteiger partial charge in [0.15, 0.2) is 6.54 Å². The predicted octanol–water partition coefficient (Wildman–Crippen LogP) is 2.50. The second kappa shape index (κ2) is 8.91. The van der Waals surface area contributed by atoms with Crippen LogP contribution < -0.4 is 15.0 Å². The van der Waals surface area contributed by atoms with E-state index in [0.717, 1.165) is 21.8 Å². The van der Waals surface area contributed by atoms with E-state index in [9.17, 15) is 4.79 Å². The Hall–Kier alpha value is -2.83. The molecule has 1 atom stereocenters. The van der Waals surface area contributed by atoms with Crippen molar-refractivity contribution in [3.05, 3.63) is 71.0 Å². The molecule has 3 aromatic rings. The number of likely N-dealkylation sites (N-methyl/N-ethyl adjacent to an activating group) is 1. The minimum Gasteiger partial charge on any atom is -0.497 e. The lowest BCUT2D eigenvalue weighted by molar-refractivity contribution is -0.885. The number of nitrogens with zero attached hydrogens (tertiary/aromatic N) is 2. The number of hydrogen-bond acceptors (Lipinski definition) is 3. The standard InChI is InChI=1S/C21H23ClN4O2/c1-15-19(21(22)26(24-15)17-9-5-4-6-10-17)13-25(2)14-20(27)23-16-8-7-11-18(12-16)28-3/h4-12H,13-14H2,1-3H3,(H,23,27)/p+1. The predicted molar refractivity (Wildman–Crippen MR) is 110 cm³/mol. The highest BCUT2D eigenvalue weighted by Crippen LogP contribution is 2.22. The summed E-state index contributed by atoms with van der Waals surface area (Å²) >= 11 is 6.58. The van der Waals surface area contributed by atoms with Crippen LogP contribution in [-0.2, 0) is 11.3 Å². The maximum atomic E-state index is 12.4. The third-order valence-corrected chi connectivity index (χ3v) is 4.81. The van der Waals surface area contributed by atoms with Crippen molar-refractivity contribution in [2.45, 2.75) is 13.5 Å². The molecule has 0 saturated heterocycles. The zero-order valence-corrected chi connectivity index (χ0v) is 17.0. The Morgan fingerprint density at radius 2 is 1.96 bits per heavy atom. The molecule has 0 spiro atoms.